The molecule has 0 saturated heterocycles. The Morgan fingerprint density at radius 1 is 0.696 bits per heavy atom. The van der Waals surface area contributed by atoms with Crippen LogP contribution in [0.3, 0.4) is 0 Å². The van der Waals surface area contributed by atoms with Crippen molar-refractivity contribution in [1.82, 2.24) is 5.09 Å². The summed E-state index contributed by atoms with van der Waals surface area (Å²) in [6, 6.07) is 31.6. The Hall–Kier alpha value is -1.73. The van der Waals surface area contributed by atoms with E-state index < -0.39 is 6.19 Å². The molecule has 1 unspecified atom stereocenters. The van der Waals surface area contributed by atoms with E-state index in [2.05, 4.69) is 84.8 Å². The fourth-order valence-corrected chi connectivity index (χ4v) is 6.34. The van der Waals surface area contributed by atoms with Crippen molar-refractivity contribution < 1.29 is 0 Å². The molecular weight excluding hydrogens is 317 g/mol. The van der Waals surface area contributed by atoms with Crippen LogP contribution in [-0.2, 0) is 11.8 Å². The first-order valence-corrected chi connectivity index (χ1v) is 10.5. The summed E-state index contributed by atoms with van der Waals surface area (Å²) < 4.78 is 0. The highest BCUT2D eigenvalue weighted by Crippen LogP contribution is 2.41. The van der Waals surface area contributed by atoms with E-state index in [1.807, 2.05) is 18.2 Å². The van der Waals surface area contributed by atoms with Gasteiger partial charge in [0.1, 0.15) is 0 Å². The minimum Gasteiger partial charge on any atom is -0.275 e. The fourth-order valence-electron chi connectivity index (χ4n) is 2.66. The number of benzene rings is 3. The summed E-state index contributed by atoms with van der Waals surface area (Å²) >= 11 is 6.21. The third-order valence-electron chi connectivity index (χ3n) is 3.91. The van der Waals surface area contributed by atoms with Gasteiger partial charge in [0, 0.05) is 16.7 Å². The molecule has 3 heteroatoms. The summed E-state index contributed by atoms with van der Waals surface area (Å²) in [7, 11) is 0. The summed E-state index contributed by atoms with van der Waals surface area (Å²) in [4.78, 5) is 0. The molecule has 0 aliphatic carbocycles. The number of nitrogens with one attached hydrogen (secondary N) is 1. The first-order valence-electron chi connectivity index (χ1n) is 7.74. The molecule has 1 nitrogen and oxygen atoms in total. The SMILES string of the molecule is CC(NP(=S)(c1ccccc1)c1ccccc1)c1ccccc1. The van der Waals surface area contributed by atoms with E-state index in [-0.39, 0.29) is 6.04 Å². The van der Waals surface area contributed by atoms with Crippen LogP contribution in [0, 0.1) is 0 Å². The number of hydrogen-bond donors (Lipinski definition) is 1. The largest absolute Gasteiger partial charge is 0.275 e. The Morgan fingerprint density at radius 2 is 1.09 bits per heavy atom. The molecule has 0 heterocycles. The van der Waals surface area contributed by atoms with Crippen LogP contribution in [-0.4, -0.2) is 0 Å². The van der Waals surface area contributed by atoms with Crippen LogP contribution in [0.5, 0.6) is 0 Å². The summed E-state index contributed by atoms with van der Waals surface area (Å²) in [6.45, 7) is 2.18. The van der Waals surface area contributed by atoms with Crippen LogP contribution in [0.4, 0.5) is 0 Å². The average molecular weight is 337 g/mol. The van der Waals surface area contributed by atoms with Gasteiger partial charge in [0.15, 0.2) is 0 Å². The minimum absolute atomic E-state index is 0.197. The molecule has 3 rings (SSSR count). The van der Waals surface area contributed by atoms with Gasteiger partial charge in [-0.2, -0.15) is 0 Å². The third kappa shape index (κ3) is 3.61. The van der Waals surface area contributed by atoms with E-state index >= 15 is 0 Å². The minimum atomic E-state index is -2.06. The summed E-state index contributed by atoms with van der Waals surface area (Å²) in [5.74, 6) is 0. The van der Waals surface area contributed by atoms with Crippen molar-refractivity contribution in [2.24, 2.45) is 0 Å². The molecule has 0 aromatic heterocycles. The highest BCUT2D eigenvalue weighted by molar-refractivity contribution is 8.20. The first-order chi connectivity index (χ1) is 11.2. The quantitative estimate of drug-likeness (QED) is 0.693. The zero-order valence-corrected chi connectivity index (χ0v) is 14.8. The zero-order valence-electron chi connectivity index (χ0n) is 13.1. The molecule has 0 spiro atoms. The van der Waals surface area contributed by atoms with E-state index in [9.17, 15) is 0 Å². The predicted molar refractivity (Wildman–Crippen MR) is 104 cm³/mol. The Kier molecular flexibility index (Phi) is 5.07. The second-order valence-corrected chi connectivity index (χ2v) is 9.69. The summed E-state index contributed by atoms with van der Waals surface area (Å²) in [5, 5.41) is 6.16. The van der Waals surface area contributed by atoms with Gasteiger partial charge in [0.05, 0.1) is 6.19 Å². The molecule has 3 aromatic rings. The normalized spacial score (nSPS) is 12.7. The smallest absolute Gasteiger partial charge is 0.0689 e. The maximum Gasteiger partial charge on any atom is 0.0689 e. The van der Waals surface area contributed by atoms with E-state index in [4.69, 9.17) is 11.8 Å². The van der Waals surface area contributed by atoms with Crippen molar-refractivity contribution >= 4 is 28.6 Å². The van der Waals surface area contributed by atoms with Gasteiger partial charge in [0.2, 0.25) is 0 Å². The summed E-state index contributed by atoms with van der Waals surface area (Å²) in [6.07, 6.45) is -2.06. The van der Waals surface area contributed by atoms with Crippen molar-refractivity contribution in [3.05, 3.63) is 96.6 Å². The van der Waals surface area contributed by atoms with Gasteiger partial charge in [-0.05, 0) is 12.5 Å². The number of rotatable bonds is 5. The van der Waals surface area contributed by atoms with Gasteiger partial charge in [-0.1, -0.05) is 103 Å². The van der Waals surface area contributed by atoms with Crippen LogP contribution in [0.1, 0.15) is 18.5 Å². The Bertz CT molecular complexity index is 744. The molecule has 1 atom stereocenters. The van der Waals surface area contributed by atoms with E-state index in [0.29, 0.717) is 0 Å². The molecule has 0 aliphatic rings. The molecule has 0 fully saturated rings. The van der Waals surface area contributed by atoms with Crippen molar-refractivity contribution in [3.8, 4) is 0 Å². The molecular formula is C20H20NPS. The maximum atomic E-state index is 6.21. The lowest BCUT2D eigenvalue weighted by Gasteiger charge is -2.28. The monoisotopic (exact) mass is 337 g/mol. The number of hydrogen-bond acceptors (Lipinski definition) is 1. The van der Waals surface area contributed by atoms with Crippen molar-refractivity contribution in [2.45, 2.75) is 13.0 Å². The van der Waals surface area contributed by atoms with Gasteiger partial charge in [-0.3, -0.25) is 5.09 Å². The first kappa shape index (κ1) is 16.1. The van der Waals surface area contributed by atoms with Crippen molar-refractivity contribution in [1.29, 1.82) is 0 Å². The van der Waals surface area contributed by atoms with E-state index in [0.717, 1.165) is 0 Å². The standard InChI is InChI=1S/C20H20NPS/c1-17(18-11-5-2-6-12-18)21-22(23,19-13-7-3-8-14-19)20-15-9-4-10-16-20/h2-17H,1H3,(H,21,23). The van der Waals surface area contributed by atoms with Crippen LogP contribution < -0.4 is 15.7 Å². The lowest BCUT2D eigenvalue weighted by molar-refractivity contribution is 0.748. The molecule has 0 amide bonds. The van der Waals surface area contributed by atoms with Crippen LogP contribution in [0.25, 0.3) is 0 Å². The van der Waals surface area contributed by atoms with E-state index in [1.165, 1.54) is 16.2 Å². The average Bonchev–Trinajstić information content (AvgIpc) is 2.64. The Morgan fingerprint density at radius 3 is 1.52 bits per heavy atom. The second kappa shape index (κ2) is 7.23. The van der Waals surface area contributed by atoms with Crippen LogP contribution in [0.2, 0.25) is 0 Å². The topological polar surface area (TPSA) is 12.0 Å². The van der Waals surface area contributed by atoms with Gasteiger partial charge in [-0.15, -0.1) is 0 Å². The van der Waals surface area contributed by atoms with Crippen molar-refractivity contribution in [2.75, 3.05) is 0 Å². The second-order valence-electron chi connectivity index (χ2n) is 5.54. The molecule has 3 aromatic carbocycles. The highest BCUT2D eigenvalue weighted by atomic mass is 32.4. The van der Waals surface area contributed by atoms with Crippen LogP contribution >= 0.6 is 6.19 Å². The van der Waals surface area contributed by atoms with Crippen molar-refractivity contribution in [3.63, 3.8) is 0 Å². The molecule has 0 radical (unpaired) electrons. The predicted octanol–water partition coefficient (Wildman–Crippen LogP) is 4.38. The Balaban J connectivity index is 2.02. The fraction of sp³-hybridized carbons (Fsp3) is 0.100. The zero-order chi connectivity index (χ0) is 16.1. The van der Waals surface area contributed by atoms with E-state index in [1.54, 1.807) is 0 Å². The van der Waals surface area contributed by atoms with Gasteiger partial charge in [-0.25, -0.2) is 0 Å². The van der Waals surface area contributed by atoms with Crippen LogP contribution in [0.15, 0.2) is 91.0 Å². The molecule has 1 N–H and O–H groups in total. The van der Waals surface area contributed by atoms with Gasteiger partial charge >= 0.3 is 0 Å². The molecule has 0 bridgehead atoms. The molecule has 0 aliphatic heterocycles. The van der Waals surface area contributed by atoms with Gasteiger partial charge < -0.3 is 0 Å². The molecule has 23 heavy (non-hydrogen) atoms. The lowest BCUT2D eigenvalue weighted by Crippen LogP contribution is -2.29. The molecule has 116 valence electrons. The summed E-state index contributed by atoms with van der Waals surface area (Å²) in [5.41, 5.74) is 1.26. The highest BCUT2D eigenvalue weighted by Gasteiger charge is 2.24. The maximum absolute atomic E-state index is 6.21. The Labute approximate surface area is 143 Å². The van der Waals surface area contributed by atoms with Gasteiger partial charge in [0.25, 0.3) is 0 Å². The molecule has 0 saturated carbocycles. The third-order valence-corrected chi connectivity index (χ3v) is 8.30. The lowest BCUT2D eigenvalue weighted by atomic mass is 10.1.